The molecule has 7 heteroatoms. The van der Waals surface area contributed by atoms with Crippen LogP contribution in [0.2, 0.25) is 0 Å². The van der Waals surface area contributed by atoms with Crippen molar-refractivity contribution in [2.45, 2.75) is 20.4 Å². The van der Waals surface area contributed by atoms with Crippen LogP contribution in [0.25, 0.3) is 0 Å². The second kappa shape index (κ2) is 8.60. The standard InChI is InChI=1S/C13H21N3O3.ClH/c1-4-16(5-2)12(17)8-15(3)13(18)10-6-11(7-14)19-9-10;/h6,9H,4-5,7-8,14H2,1-3H3;1H. The fourth-order valence-corrected chi connectivity index (χ4v) is 1.77. The molecule has 6 nitrogen and oxygen atoms in total. The molecule has 2 N–H and O–H groups in total. The highest BCUT2D eigenvalue weighted by Crippen LogP contribution is 2.09. The molecule has 1 rings (SSSR count). The van der Waals surface area contributed by atoms with E-state index in [2.05, 4.69) is 0 Å². The predicted octanol–water partition coefficient (Wildman–Crippen LogP) is 1.10. The molecule has 0 saturated heterocycles. The number of hydrogen-bond acceptors (Lipinski definition) is 4. The molecule has 0 radical (unpaired) electrons. The Kier molecular flexibility index (Phi) is 7.94. The summed E-state index contributed by atoms with van der Waals surface area (Å²) < 4.78 is 5.11. The Bertz CT molecular complexity index is 444. The van der Waals surface area contributed by atoms with Crippen LogP contribution in [0.5, 0.6) is 0 Å². The monoisotopic (exact) mass is 303 g/mol. The van der Waals surface area contributed by atoms with E-state index in [9.17, 15) is 9.59 Å². The van der Waals surface area contributed by atoms with Gasteiger partial charge in [-0.1, -0.05) is 0 Å². The van der Waals surface area contributed by atoms with Gasteiger partial charge in [0.15, 0.2) is 0 Å². The van der Waals surface area contributed by atoms with Gasteiger partial charge in [0, 0.05) is 20.1 Å². The van der Waals surface area contributed by atoms with E-state index < -0.39 is 0 Å². The summed E-state index contributed by atoms with van der Waals surface area (Å²) in [6.07, 6.45) is 1.36. The van der Waals surface area contributed by atoms with Crippen molar-refractivity contribution in [1.82, 2.24) is 9.80 Å². The zero-order valence-corrected chi connectivity index (χ0v) is 12.9. The van der Waals surface area contributed by atoms with Crippen LogP contribution in [-0.4, -0.2) is 48.3 Å². The zero-order valence-electron chi connectivity index (χ0n) is 12.1. The van der Waals surface area contributed by atoms with Gasteiger partial charge in [-0.2, -0.15) is 0 Å². The molecule has 0 saturated carbocycles. The highest BCUT2D eigenvalue weighted by Gasteiger charge is 2.19. The Labute approximate surface area is 125 Å². The lowest BCUT2D eigenvalue weighted by Gasteiger charge is -2.22. The van der Waals surface area contributed by atoms with E-state index in [-0.39, 0.29) is 37.3 Å². The number of amides is 2. The van der Waals surface area contributed by atoms with Crippen molar-refractivity contribution in [1.29, 1.82) is 0 Å². The third-order valence-corrected chi connectivity index (χ3v) is 2.94. The molecule has 0 aliphatic carbocycles. The minimum Gasteiger partial charge on any atom is -0.467 e. The van der Waals surface area contributed by atoms with Gasteiger partial charge >= 0.3 is 0 Å². The van der Waals surface area contributed by atoms with Crippen LogP contribution in [0.1, 0.15) is 30.0 Å². The van der Waals surface area contributed by atoms with Gasteiger partial charge in [-0.05, 0) is 19.9 Å². The number of nitrogens with two attached hydrogens (primary N) is 1. The SMILES string of the molecule is CCN(CC)C(=O)CN(C)C(=O)c1coc(CN)c1.Cl. The topological polar surface area (TPSA) is 79.8 Å². The quantitative estimate of drug-likeness (QED) is 0.853. The second-order valence-corrected chi connectivity index (χ2v) is 4.23. The maximum absolute atomic E-state index is 12.1. The summed E-state index contributed by atoms with van der Waals surface area (Å²) >= 11 is 0. The van der Waals surface area contributed by atoms with Crippen LogP contribution in [0.4, 0.5) is 0 Å². The van der Waals surface area contributed by atoms with Crippen LogP contribution < -0.4 is 5.73 Å². The lowest BCUT2D eigenvalue weighted by molar-refractivity contribution is -0.131. The number of carbonyl (C=O) groups excluding carboxylic acids is 2. The molecule has 1 aromatic heterocycles. The van der Waals surface area contributed by atoms with Crippen molar-refractivity contribution in [3.8, 4) is 0 Å². The first-order valence-corrected chi connectivity index (χ1v) is 6.34. The molecule has 0 fully saturated rings. The van der Waals surface area contributed by atoms with Gasteiger partial charge in [-0.15, -0.1) is 12.4 Å². The summed E-state index contributed by atoms with van der Waals surface area (Å²) in [5, 5.41) is 0. The minimum atomic E-state index is -0.246. The average Bonchev–Trinajstić information content (AvgIpc) is 2.87. The number of rotatable bonds is 6. The Morgan fingerprint density at radius 2 is 1.90 bits per heavy atom. The Balaban J connectivity index is 0.00000361. The molecule has 2 amide bonds. The third kappa shape index (κ3) is 4.54. The fraction of sp³-hybridized carbons (Fsp3) is 0.538. The van der Waals surface area contributed by atoms with Crippen molar-refractivity contribution < 1.29 is 14.0 Å². The zero-order chi connectivity index (χ0) is 14.4. The number of hydrogen-bond donors (Lipinski definition) is 1. The van der Waals surface area contributed by atoms with E-state index in [1.165, 1.54) is 11.2 Å². The Hall–Kier alpha value is -1.53. The maximum atomic E-state index is 12.1. The summed E-state index contributed by atoms with van der Waals surface area (Å²) in [4.78, 5) is 27.0. The van der Waals surface area contributed by atoms with Crippen molar-refractivity contribution in [2.24, 2.45) is 5.73 Å². The smallest absolute Gasteiger partial charge is 0.257 e. The number of nitrogens with zero attached hydrogens (tertiary/aromatic N) is 2. The minimum absolute atomic E-state index is 0. The molecule has 0 aromatic carbocycles. The van der Waals surface area contributed by atoms with Gasteiger partial charge in [0.1, 0.15) is 12.0 Å². The second-order valence-electron chi connectivity index (χ2n) is 4.23. The van der Waals surface area contributed by atoms with Crippen LogP contribution in [0.3, 0.4) is 0 Å². The van der Waals surface area contributed by atoms with Gasteiger partial charge in [0.05, 0.1) is 18.7 Å². The molecule has 0 aliphatic rings. The summed E-state index contributed by atoms with van der Waals surface area (Å²) in [5.74, 6) is 0.235. The van der Waals surface area contributed by atoms with Gasteiger partial charge in [0.25, 0.3) is 5.91 Å². The lowest BCUT2D eigenvalue weighted by atomic mass is 10.2. The normalized spacial score (nSPS) is 9.80. The number of carbonyl (C=O) groups is 2. The Morgan fingerprint density at radius 1 is 1.30 bits per heavy atom. The van der Waals surface area contributed by atoms with E-state index in [0.29, 0.717) is 24.4 Å². The molecule has 1 aromatic rings. The van der Waals surface area contributed by atoms with Crippen LogP contribution in [0, 0.1) is 0 Å². The number of furan rings is 1. The Morgan fingerprint density at radius 3 is 2.35 bits per heavy atom. The van der Waals surface area contributed by atoms with Gasteiger partial charge in [0.2, 0.25) is 5.91 Å². The van der Waals surface area contributed by atoms with Crippen molar-refractivity contribution in [3.05, 3.63) is 23.7 Å². The van der Waals surface area contributed by atoms with E-state index in [1.807, 2.05) is 13.8 Å². The van der Waals surface area contributed by atoms with Crippen molar-refractivity contribution in [3.63, 3.8) is 0 Å². The van der Waals surface area contributed by atoms with E-state index >= 15 is 0 Å². The van der Waals surface area contributed by atoms with Crippen LogP contribution >= 0.6 is 12.4 Å². The number of likely N-dealkylation sites (N-methyl/N-ethyl adjacent to an activating group) is 2. The first-order chi connectivity index (χ1) is 9.03. The van der Waals surface area contributed by atoms with Crippen molar-refractivity contribution >= 4 is 24.2 Å². The first kappa shape index (κ1) is 18.5. The molecule has 0 spiro atoms. The molecule has 20 heavy (non-hydrogen) atoms. The maximum Gasteiger partial charge on any atom is 0.257 e. The average molecular weight is 304 g/mol. The largest absolute Gasteiger partial charge is 0.467 e. The lowest BCUT2D eigenvalue weighted by Crippen LogP contribution is -2.40. The highest BCUT2D eigenvalue weighted by atomic mass is 35.5. The third-order valence-electron chi connectivity index (χ3n) is 2.94. The van der Waals surface area contributed by atoms with Crippen LogP contribution in [0.15, 0.2) is 16.7 Å². The summed E-state index contributed by atoms with van der Waals surface area (Å²) in [6.45, 7) is 5.40. The number of halogens is 1. The molecular formula is C13H22ClN3O3. The summed E-state index contributed by atoms with van der Waals surface area (Å²) in [5.41, 5.74) is 5.83. The molecule has 0 unspecified atom stereocenters. The fourth-order valence-electron chi connectivity index (χ4n) is 1.77. The molecule has 114 valence electrons. The van der Waals surface area contributed by atoms with Gasteiger partial charge in [-0.25, -0.2) is 0 Å². The van der Waals surface area contributed by atoms with E-state index in [0.717, 1.165) is 0 Å². The summed E-state index contributed by atoms with van der Waals surface area (Å²) in [7, 11) is 1.60. The van der Waals surface area contributed by atoms with Gasteiger partial charge < -0.3 is 20.0 Å². The molecular weight excluding hydrogens is 282 g/mol. The summed E-state index contributed by atoms with van der Waals surface area (Å²) in [6, 6.07) is 1.60. The molecule has 0 bridgehead atoms. The predicted molar refractivity (Wildman–Crippen MR) is 78.7 cm³/mol. The molecule has 0 aliphatic heterocycles. The molecule has 1 heterocycles. The van der Waals surface area contributed by atoms with Gasteiger partial charge in [-0.3, -0.25) is 9.59 Å². The van der Waals surface area contributed by atoms with E-state index in [4.69, 9.17) is 10.2 Å². The van der Waals surface area contributed by atoms with Crippen LogP contribution in [-0.2, 0) is 11.3 Å². The highest BCUT2D eigenvalue weighted by molar-refractivity contribution is 5.96. The first-order valence-electron chi connectivity index (χ1n) is 6.34. The molecule has 0 atom stereocenters. The van der Waals surface area contributed by atoms with Crippen molar-refractivity contribution in [2.75, 3.05) is 26.7 Å². The van der Waals surface area contributed by atoms with E-state index in [1.54, 1.807) is 18.0 Å².